The molecule has 0 fully saturated rings. The Morgan fingerprint density at radius 2 is 1.50 bits per heavy atom. The number of rotatable bonds is 13. The third-order valence-electron chi connectivity index (χ3n) is 7.69. The molecule has 0 aliphatic carbocycles. The van der Waals surface area contributed by atoms with Gasteiger partial charge in [0.1, 0.15) is 12.6 Å². The van der Waals surface area contributed by atoms with E-state index in [0.717, 1.165) is 22.2 Å². The third kappa shape index (κ3) is 9.39. The lowest BCUT2D eigenvalue weighted by atomic mass is 10.0. The van der Waals surface area contributed by atoms with Gasteiger partial charge in [-0.1, -0.05) is 95.1 Å². The fourth-order valence-corrected chi connectivity index (χ4v) is 6.87. The highest BCUT2D eigenvalue weighted by atomic mass is 79.9. The molecule has 0 aliphatic rings. The molecule has 2 amide bonds. The average molecular weight is 765 g/mol. The van der Waals surface area contributed by atoms with Crippen molar-refractivity contribution in [1.82, 2.24) is 10.2 Å². The van der Waals surface area contributed by atoms with Gasteiger partial charge >= 0.3 is 6.18 Å². The van der Waals surface area contributed by atoms with E-state index in [2.05, 4.69) is 21.2 Å². The summed E-state index contributed by atoms with van der Waals surface area (Å²) in [6, 6.07) is 24.0. The number of anilines is 1. The van der Waals surface area contributed by atoms with Gasteiger partial charge in [0.2, 0.25) is 11.8 Å². The maximum Gasteiger partial charge on any atom is 0.416 e. The summed E-state index contributed by atoms with van der Waals surface area (Å²) in [5.74, 6) is -1.29. The fraction of sp³-hybridized carbons (Fsp3) is 0.257. The summed E-state index contributed by atoms with van der Waals surface area (Å²) in [6.07, 6.45) is -4.13. The van der Waals surface area contributed by atoms with Gasteiger partial charge in [0.05, 0.1) is 21.2 Å². The summed E-state index contributed by atoms with van der Waals surface area (Å²) < 4.78 is 71.1. The van der Waals surface area contributed by atoms with Crippen LogP contribution >= 0.6 is 27.5 Å². The lowest BCUT2D eigenvalue weighted by Crippen LogP contribution is -2.54. The van der Waals surface area contributed by atoms with Crippen molar-refractivity contribution in [2.24, 2.45) is 0 Å². The summed E-state index contributed by atoms with van der Waals surface area (Å²) in [4.78, 5) is 29.4. The van der Waals surface area contributed by atoms with Crippen molar-refractivity contribution in [1.29, 1.82) is 0 Å². The molecule has 0 radical (unpaired) electrons. The zero-order valence-corrected chi connectivity index (χ0v) is 29.3. The second-order valence-electron chi connectivity index (χ2n) is 11.2. The zero-order chi connectivity index (χ0) is 35.1. The van der Waals surface area contributed by atoms with Gasteiger partial charge < -0.3 is 10.2 Å². The quantitative estimate of drug-likeness (QED) is 0.150. The minimum Gasteiger partial charge on any atom is -0.352 e. The first-order valence-electron chi connectivity index (χ1n) is 15.0. The summed E-state index contributed by atoms with van der Waals surface area (Å²) >= 11 is 9.76. The standard InChI is InChI=1S/C35H34BrClF3N3O4S/c1-3-24(2)41-34(45)32(20-25-10-6-4-7-11-25)42(22-26-14-17-28(36)18-15-26)33(44)23-43(48(46,47)29-12-8-5-9-13-29)31-21-27(35(38,39)40)16-19-30(31)37/h4-19,21,24,32H,3,20,22-23H2,1-2H3,(H,41,45). The van der Waals surface area contributed by atoms with Gasteiger partial charge in [0.15, 0.2) is 0 Å². The Hall–Kier alpha value is -3.87. The molecule has 0 saturated carbocycles. The van der Waals surface area contributed by atoms with E-state index in [4.69, 9.17) is 11.6 Å². The van der Waals surface area contributed by atoms with E-state index in [0.29, 0.717) is 22.4 Å². The number of amides is 2. The van der Waals surface area contributed by atoms with Crippen LogP contribution in [0.1, 0.15) is 37.0 Å². The highest BCUT2D eigenvalue weighted by Gasteiger charge is 2.37. The molecule has 2 atom stereocenters. The Morgan fingerprint density at radius 1 is 0.896 bits per heavy atom. The molecule has 4 aromatic rings. The van der Waals surface area contributed by atoms with Crippen molar-refractivity contribution in [3.05, 3.63) is 129 Å². The number of carbonyl (C=O) groups is 2. The maximum atomic E-state index is 14.5. The SMILES string of the molecule is CCC(C)NC(=O)C(Cc1ccccc1)N(Cc1ccc(Br)cc1)C(=O)CN(c1cc(C(F)(F)F)ccc1Cl)S(=O)(=O)c1ccccc1. The number of nitrogens with zero attached hydrogens (tertiary/aromatic N) is 2. The van der Waals surface area contributed by atoms with Crippen LogP contribution in [0.15, 0.2) is 112 Å². The highest BCUT2D eigenvalue weighted by molar-refractivity contribution is 9.10. The Bertz CT molecular complexity index is 1810. The Balaban J connectivity index is 1.87. The smallest absolute Gasteiger partial charge is 0.352 e. The molecule has 48 heavy (non-hydrogen) atoms. The Morgan fingerprint density at radius 3 is 2.08 bits per heavy atom. The molecule has 0 heterocycles. The van der Waals surface area contributed by atoms with Gasteiger partial charge in [0, 0.05) is 23.5 Å². The second kappa shape index (κ2) is 16.0. The topological polar surface area (TPSA) is 86.8 Å². The fourth-order valence-electron chi connectivity index (χ4n) is 4.89. The Kier molecular flexibility index (Phi) is 12.3. The van der Waals surface area contributed by atoms with E-state index < -0.39 is 51.9 Å². The molecule has 0 aromatic heterocycles. The van der Waals surface area contributed by atoms with E-state index in [1.54, 1.807) is 54.6 Å². The van der Waals surface area contributed by atoms with Crippen molar-refractivity contribution >= 4 is 55.1 Å². The molecule has 0 bridgehead atoms. The van der Waals surface area contributed by atoms with Crippen molar-refractivity contribution in [2.45, 2.75) is 56.4 Å². The molecule has 4 aromatic carbocycles. The number of halogens is 5. The van der Waals surface area contributed by atoms with Crippen LogP contribution in [-0.2, 0) is 38.8 Å². The van der Waals surface area contributed by atoms with Gasteiger partial charge in [-0.15, -0.1) is 0 Å². The predicted molar refractivity (Wildman–Crippen MR) is 184 cm³/mol. The molecular weight excluding hydrogens is 731 g/mol. The van der Waals surface area contributed by atoms with Gasteiger partial charge in [-0.2, -0.15) is 13.2 Å². The molecule has 13 heteroatoms. The lowest BCUT2D eigenvalue weighted by Gasteiger charge is -2.34. The number of alkyl halides is 3. The normalized spacial score (nSPS) is 13.0. The summed E-state index contributed by atoms with van der Waals surface area (Å²) in [5.41, 5.74) is -0.305. The van der Waals surface area contributed by atoms with E-state index in [1.165, 1.54) is 29.2 Å². The van der Waals surface area contributed by atoms with Crippen LogP contribution in [0.4, 0.5) is 18.9 Å². The number of hydrogen-bond donors (Lipinski definition) is 1. The lowest BCUT2D eigenvalue weighted by molar-refractivity contribution is -0.140. The molecule has 0 spiro atoms. The van der Waals surface area contributed by atoms with Crippen LogP contribution < -0.4 is 9.62 Å². The van der Waals surface area contributed by atoms with Gasteiger partial charge in [0.25, 0.3) is 10.0 Å². The van der Waals surface area contributed by atoms with Crippen LogP contribution in [0.5, 0.6) is 0 Å². The number of hydrogen-bond acceptors (Lipinski definition) is 4. The molecule has 0 saturated heterocycles. The summed E-state index contributed by atoms with van der Waals surface area (Å²) in [6.45, 7) is 2.67. The first-order chi connectivity index (χ1) is 22.7. The summed E-state index contributed by atoms with van der Waals surface area (Å²) in [7, 11) is -4.65. The monoisotopic (exact) mass is 763 g/mol. The van der Waals surface area contributed by atoms with Crippen molar-refractivity contribution < 1.29 is 31.2 Å². The van der Waals surface area contributed by atoms with Crippen LogP contribution in [0.25, 0.3) is 0 Å². The highest BCUT2D eigenvalue weighted by Crippen LogP contribution is 2.37. The minimum absolute atomic E-state index is 0.0845. The van der Waals surface area contributed by atoms with Crippen LogP contribution in [0.2, 0.25) is 5.02 Å². The molecule has 7 nitrogen and oxygen atoms in total. The first-order valence-corrected chi connectivity index (χ1v) is 17.6. The second-order valence-corrected chi connectivity index (χ2v) is 14.3. The van der Waals surface area contributed by atoms with Crippen LogP contribution in [-0.4, -0.2) is 43.8 Å². The Labute approximate surface area is 291 Å². The number of carbonyl (C=O) groups excluding carboxylic acids is 2. The van der Waals surface area contributed by atoms with Crippen molar-refractivity contribution in [2.75, 3.05) is 10.8 Å². The predicted octanol–water partition coefficient (Wildman–Crippen LogP) is 7.87. The maximum absolute atomic E-state index is 14.5. The van der Waals surface area contributed by atoms with Crippen LogP contribution in [0.3, 0.4) is 0 Å². The van der Waals surface area contributed by atoms with E-state index in [-0.39, 0.29) is 28.9 Å². The van der Waals surface area contributed by atoms with E-state index in [1.807, 2.05) is 19.9 Å². The molecule has 254 valence electrons. The van der Waals surface area contributed by atoms with Crippen LogP contribution in [0, 0.1) is 0 Å². The van der Waals surface area contributed by atoms with Gasteiger partial charge in [-0.05, 0) is 66.9 Å². The largest absolute Gasteiger partial charge is 0.416 e. The molecule has 2 unspecified atom stereocenters. The number of benzene rings is 4. The molecule has 4 rings (SSSR count). The van der Waals surface area contributed by atoms with Crippen molar-refractivity contribution in [3.8, 4) is 0 Å². The average Bonchev–Trinajstić information content (AvgIpc) is 3.06. The third-order valence-corrected chi connectivity index (χ3v) is 10.3. The summed E-state index contributed by atoms with van der Waals surface area (Å²) in [5, 5.41) is 2.62. The number of nitrogens with one attached hydrogen (secondary N) is 1. The zero-order valence-electron chi connectivity index (χ0n) is 26.1. The minimum atomic E-state index is -4.83. The number of sulfonamides is 1. The van der Waals surface area contributed by atoms with E-state index in [9.17, 15) is 31.2 Å². The molecule has 0 aliphatic heterocycles. The molecular formula is C35H34BrClF3N3O4S. The van der Waals surface area contributed by atoms with Gasteiger partial charge in [-0.25, -0.2) is 8.42 Å². The van der Waals surface area contributed by atoms with Crippen molar-refractivity contribution in [3.63, 3.8) is 0 Å². The van der Waals surface area contributed by atoms with Gasteiger partial charge in [-0.3, -0.25) is 13.9 Å². The molecule has 1 N–H and O–H groups in total. The first kappa shape index (κ1) is 37.0. The van der Waals surface area contributed by atoms with E-state index >= 15 is 0 Å².